The average molecular weight is 505 g/mol. The van der Waals surface area contributed by atoms with Crippen molar-refractivity contribution in [2.45, 2.75) is 25.8 Å². The molecule has 0 aliphatic carbocycles. The van der Waals surface area contributed by atoms with Crippen molar-refractivity contribution in [3.63, 3.8) is 0 Å². The number of aromatic nitrogens is 2. The minimum Gasteiger partial charge on any atom is -0.489 e. The van der Waals surface area contributed by atoms with Crippen LogP contribution in [0.4, 0.5) is 30.4 Å². The Labute approximate surface area is 203 Å². The van der Waals surface area contributed by atoms with E-state index in [0.29, 0.717) is 47.1 Å². The highest BCUT2D eigenvalue weighted by Crippen LogP contribution is 2.36. The molecule has 0 saturated heterocycles. The zero-order valence-corrected chi connectivity index (χ0v) is 19.0. The van der Waals surface area contributed by atoms with Crippen LogP contribution < -0.4 is 21.1 Å². The van der Waals surface area contributed by atoms with Crippen molar-refractivity contribution < 1.29 is 22.7 Å². The van der Waals surface area contributed by atoms with Gasteiger partial charge in [-0.15, -0.1) is 0 Å². The number of halogens is 4. The molecule has 12 heteroatoms. The molecule has 3 heterocycles. The third kappa shape index (κ3) is 4.63. The highest BCUT2D eigenvalue weighted by atomic mass is 35.5. The summed E-state index contributed by atoms with van der Waals surface area (Å²) in [5.41, 5.74) is 7.54. The number of ether oxygens (including phenoxy) is 1. The van der Waals surface area contributed by atoms with Crippen LogP contribution in [0.1, 0.15) is 32.7 Å². The summed E-state index contributed by atoms with van der Waals surface area (Å²) in [6.45, 7) is 1.54. The maximum Gasteiger partial charge on any atom is 0.416 e. The summed E-state index contributed by atoms with van der Waals surface area (Å²) < 4.78 is 45.2. The van der Waals surface area contributed by atoms with E-state index in [1.165, 1.54) is 6.07 Å². The molecule has 35 heavy (non-hydrogen) atoms. The van der Waals surface area contributed by atoms with Crippen LogP contribution in [0.5, 0.6) is 5.75 Å². The van der Waals surface area contributed by atoms with Crippen LogP contribution in [0.15, 0.2) is 36.4 Å². The van der Waals surface area contributed by atoms with Crippen LogP contribution in [0.2, 0.25) is 5.28 Å². The first-order valence-corrected chi connectivity index (χ1v) is 11.1. The van der Waals surface area contributed by atoms with E-state index in [4.69, 9.17) is 22.1 Å². The summed E-state index contributed by atoms with van der Waals surface area (Å²) in [4.78, 5) is 23.4. The van der Waals surface area contributed by atoms with Gasteiger partial charge in [-0.1, -0.05) is 6.07 Å². The molecule has 0 atom stereocenters. The van der Waals surface area contributed by atoms with Crippen molar-refractivity contribution in [2.75, 3.05) is 29.5 Å². The monoisotopic (exact) mass is 504 g/mol. The van der Waals surface area contributed by atoms with Crippen molar-refractivity contribution >= 4 is 34.7 Å². The highest BCUT2D eigenvalue weighted by molar-refractivity contribution is 6.28. The molecule has 0 saturated carbocycles. The number of amides is 1. The minimum absolute atomic E-state index is 0.00208. The molecule has 0 spiro atoms. The first kappa shape index (κ1) is 23.0. The van der Waals surface area contributed by atoms with Gasteiger partial charge >= 0.3 is 6.18 Å². The largest absolute Gasteiger partial charge is 0.489 e. The van der Waals surface area contributed by atoms with E-state index in [9.17, 15) is 18.0 Å². The number of carbonyl (C=O) groups excluding carboxylic acids is 1. The first-order chi connectivity index (χ1) is 16.7. The quantitative estimate of drug-likeness (QED) is 0.359. The van der Waals surface area contributed by atoms with Crippen molar-refractivity contribution in [3.8, 4) is 5.75 Å². The van der Waals surface area contributed by atoms with Crippen molar-refractivity contribution in [3.05, 3.63) is 69.6 Å². The molecule has 0 unspecified atom stereocenters. The number of hydrogen-bond acceptors (Lipinski definition) is 7. The molecule has 2 aliphatic heterocycles. The Hall–Kier alpha value is -3.73. The fourth-order valence-corrected chi connectivity index (χ4v) is 4.38. The number of nitrogens with zero attached hydrogens (tertiary/aromatic N) is 3. The van der Waals surface area contributed by atoms with Gasteiger partial charge in [-0.2, -0.15) is 13.2 Å². The van der Waals surface area contributed by atoms with E-state index >= 15 is 0 Å². The number of nitrogens with one attached hydrogen (secondary N) is 2. The molecule has 5 rings (SSSR count). The lowest BCUT2D eigenvalue weighted by molar-refractivity contribution is -0.137. The predicted octanol–water partition coefficient (Wildman–Crippen LogP) is 4.30. The van der Waals surface area contributed by atoms with E-state index in [2.05, 4.69) is 20.6 Å². The Morgan fingerprint density at radius 3 is 2.86 bits per heavy atom. The third-order valence-electron chi connectivity index (χ3n) is 5.75. The van der Waals surface area contributed by atoms with Crippen LogP contribution in [-0.2, 0) is 25.8 Å². The first-order valence-electron chi connectivity index (χ1n) is 10.7. The summed E-state index contributed by atoms with van der Waals surface area (Å²) in [6.07, 6.45) is -4.51. The Morgan fingerprint density at radius 2 is 2.06 bits per heavy atom. The zero-order valence-electron chi connectivity index (χ0n) is 18.2. The second kappa shape index (κ2) is 8.81. The number of benzene rings is 2. The molecular formula is C23H20ClF3N6O2. The number of carbonyl (C=O) groups is 1. The SMILES string of the molecule is Nc1cc(CNc2nc(Cl)nc3c2CN(C(=O)c2cccc4c2OCCN4)C3)cc(C(F)(F)F)c1. The Balaban J connectivity index is 1.37. The second-order valence-corrected chi connectivity index (χ2v) is 8.54. The topological polar surface area (TPSA) is 105 Å². The molecule has 3 aromatic rings. The van der Waals surface area contributed by atoms with Gasteiger partial charge < -0.3 is 26.0 Å². The van der Waals surface area contributed by atoms with E-state index in [-0.39, 0.29) is 36.5 Å². The summed E-state index contributed by atoms with van der Waals surface area (Å²) in [7, 11) is 0. The van der Waals surface area contributed by atoms with Crippen LogP contribution in [-0.4, -0.2) is 33.9 Å². The number of rotatable bonds is 4. The van der Waals surface area contributed by atoms with Gasteiger partial charge in [0.2, 0.25) is 5.28 Å². The number of para-hydroxylation sites is 1. The molecule has 4 N–H and O–H groups in total. The maximum atomic E-state index is 13.3. The molecule has 0 bridgehead atoms. The summed E-state index contributed by atoms with van der Waals surface area (Å²) in [6, 6.07) is 8.68. The van der Waals surface area contributed by atoms with Gasteiger partial charge in [-0.3, -0.25) is 4.79 Å². The summed E-state index contributed by atoms with van der Waals surface area (Å²) in [5, 5.41) is 6.20. The second-order valence-electron chi connectivity index (χ2n) is 8.20. The normalized spacial score (nSPS) is 14.6. The number of anilines is 3. The lowest BCUT2D eigenvalue weighted by atomic mass is 10.1. The summed E-state index contributed by atoms with van der Waals surface area (Å²) in [5.74, 6) is 0.611. The highest BCUT2D eigenvalue weighted by Gasteiger charge is 2.32. The van der Waals surface area contributed by atoms with E-state index in [1.54, 1.807) is 17.0 Å². The number of alkyl halides is 3. The molecule has 0 radical (unpaired) electrons. The Kier molecular flexibility index (Phi) is 5.79. The van der Waals surface area contributed by atoms with Gasteiger partial charge in [0.05, 0.1) is 35.6 Å². The molecule has 1 amide bonds. The van der Waals surface area contributed by atoms with Crippen LogP contribution in [0.25, 0.3) is 0 Å². The molecule has 182 valence electrons. The smallest absolute Gasteiger partial charge is 0.416 e. The third-order valence-corrected chi connectivity index (χ3v) is 5.92. The van der Waals surface area contributed by atoms with Crippen molar-refractivity contribution in [1.29, 1.82) is 0 Å². The zero-order chi connectivity index (χ0) is 24.7. The predicted molar refractivity (Wildman–Crippen MR) is 124 cm³/mol. The molecule has 2 aromatic carbocycles. The molecule has 1 aromatic heterocycles. The van der Waals surface area contributed by atoms with Gasteiger partial charge in [0.15, 0.2) is 5.75 Å². The number of nitrogen functional groups attached to an aromatic ring is 1. The van der Waals surface area contributed by atoms with E-state index in [0.717, 1.165) is 17.8 Å². The summed E-state index contributed by atoms with van der Waals surface area (Å²) >= 11 is 6.10. The molecule has 2 aliphatic rings. The van der Waals surface area contributed by atoms with Gasteiger partial charge in [0.25, 0.3) is 5.91 Å². The molecule has 8 nitrogen and oxygen atoms in total. The standard InChI is InChI=1S/C23H20ClF3N6O2/c24-22-31-18-11-33(21(34)15-2-1-3-17-19(15)35-5-4-29-17)10-16(18)20(32-22)30-9-12-6-13(23(25,26)27)8-14(28)7-12/h1-3,6-8,29H,4-5,9-11,28H2,(H,30,31,32). The number of hydrogen-bond donors (Lipinski definition) is 3. The van der Waals surface area contributed by atoms with Crippen molar-refractivity contribution in [1.82, 2.24) is 14.9 Å². The van der Waals surface area contributed by atoms with Gasteiger partial charge in [-0.25, -0.2) is 9.97 Å². The van der Waals surface area contributed by atoms with Gasteiger partial charge in [0, 0.05) is 24.3 Å². The fraction of sp³-hybridized carbons (Fsp3) is 0.261. The minimum atomic E-state index is -4.51. The molecular weight excluding hydrogens is 485 g/mol. The van der Waals surface area contributed by atoms with Crippen LogP contribution >= 0.6 is 11.6 Å². The maximum absolute atomic E-state index is 13.3. The number of fused-ring (bicyclic) bond motifs is 2. The Bertz CT molecular complexity index is 1320. The number of nitrogens with two attached hydrogens (primary N) is 1. The van der Waals surface area contributed by atoms with Gasteiger partial charge in [0.1, 0.15) is 12.4 Å². The van der Waals surface area contributed by atoms with E-state index < -0.39 is 11.7 Å². The van der Waals surface area contributed by atoms with Crippen LogP contribution in [0, 0.1) is 0 Å². The van der Waals surface area contributed by atoms with E-state index in [1.807, 2.05) is 6.07 Å². The van der Waals surface area contributed by atoms with Crippen molar-refractivity contribution in [2.24, 2.45) is 0 Å². The van der Waals surface area contributed by atoms with Gasteiger partial charge in [-0.05, 0) is 47.5 Å². The average Bonchev–Trinajstić information content (AvgIpc) is 3.25. The fourth-order valence-electron chi connectivity index (χ4n) is 4.19. The lowest BCUT2D eigenvalue weighted by Crippen LogP contribution is -2.28. The Morgan fingerprint density at radius 1 is 1.23 bits per heavy atom. The lowest BCUT2D eigenvalue weighted by Gasteiger charge is -2.23. The molecule has 0 fully saturated rings. The van der Waals surface area contributed by atoms with Crippen LogP contribution in [0.3, 0.4) is 0 Å².